The number of nitrogens with zero attached hydrogens (tertiary/aromatic N) is 1. The van der Waals surface area contributed by atoms with E-state index in [2.05, 4.69) is 17.3 Å². The van der Waals surface area contributed by atoms with Crippen LogP contribution in [0.2, 0.25) is 0 Å². The molecule has 0 aromatic carbocycles. The summed E-state index contributed by atoms with van der Waals surface area (Å²) in [6, 6.07) is 0.692. The van der Waals surface area contributed by atoms with Crippen molar-refractivity contribution in [3.05, 3.63) is 0 Å². The Morgan fingerprint density at radius 1 is 1.38 bits per heavy atom. The van der Waals surface area contributed by atoms with Crippen LogP contribution in [-0.2, 0) is 10.8 Å². The minimum atomic E-state index is -0.582. The van der Waals surface area contributed by atoms with Crippen LogP contribution in [-0.4, -0.2) is 53.3 Å². The van der Waals surface area contributed by atoms with Crippen molar-refractivity contribution in [2.75, 3.05) is 38.2 Å². The number of hydrogen-bond donors (Lipinski definition) is 1. The van der Waals surface area contributed by atoms with Gasteiger partial charge in [-0.15, -0.1) is 0 Å². The van der Waals surface area contributed by atoms with Gasteiger partial charge in [-0.05, 0) is 38.8 Å². The van der Waals surface area contributed by atoms with Gasteiger partial charge in [0, 0.05) is 41.4 Å². The fourth-order valence-electron chi connectivity index (χ4n) is 2.59. The molecular formula is C12H24N2OS. The molecule has 2 rings (SSSR count). The zero-order valence-electron chi connectivity index (χ0n) is 10.3. The highest BCUT2D eigenvalue weighted by atomic mass is 32.2. The first-order chi connectivity index (χ1) is 7.75. The second kappa shape index (κ2) is 6.12. The van der Waals surface area contributed by atoms with E-state index in [1.165, 1.54) is 25.8 Å². The van der Waals surface area contributed by atoms with Gasteiger partial charge in [-0.25, -0.2) is 0 Å². The molecule has 0 radical (unpaired) electrons. The number of nitrogens with one attached hydrogen (secondary N) is 1. The Labute approximate surface area is 101 Å². The monoisotopic (exact) mass is 244 g/mol. The molecule has 2 saturated heterocycles. The first kappa shape index (κ1) is 12.5. The molecule has 0 amide bonds. The maximum Gasteiger partial charge on any atom is 0.0287 e. The van der Waals surface area contributed by atoms with Gasteiger partial charge in [-0.1, -0.05) is 6.42 Å². The van der Waals surface area contributed by atoms with E-state index in [1.807, 2.05) is 0 Å². The predicted octanol–water partition coefficient (Wildman–Crippen LogP) is 0.829. The Morgan fingerprint density at radius 3 is 2.81 bits per heavy atom. The van der Waals surface area contributed by atoms with Gasteiger partial charge in [0.1, 0.15) is 0 Å². The molecule has 1 N–H and O–H groups in total. The lowest BCUT2D eigenvalue weighted by Crippen LogP contribution is -2.45. The summed E-state index contributed by atoms with van der Waals surface area (Å²) in [6.45, 7) is 3.38. The molecule has 0 spiro atoms. The molecule has 2 unspecified atom stereocenters. The maximum absolute atomic E-state index is 11.9. The van der Waals surface area contributed by atoms with E-state index in [-0.39, 0.29) is 0 Å². The Hall–Kier alpha value is 0.0700. The Bertz CT molecular complexity index is 243. The van der Waals surface area contributed by atoms with Crippen molar-refractivity contribution in [2.24, 2.45) is 5.92 Å². The van der Waals surface area contributed by atoms with E-state index in [9.17, 15) is 4.21 Å². The molecule has 0 aromatic rings. The van der Waals surface area contributed by atoms with Gasteiger partial charge in [0.2, 0.25) is 0 Å². The Kier molecular flexibility index (Phi) is 4.79. The van der Waals surface area contributed by atoms with Crippen molar-refractivity contribution in [3.8, 4) is 0 Å². The molecule has 0 bridgehead atoms. The molecule has 3 nitrogen and oxygen atoms in total. The van der Waals surface area contributed by atoms with Crippen molar-refractivity contribution in [1.29, 1.82) is 0 Å². The lowest BCUT2D eigenvalue weighted by Gasteiger charge is -2.32. The molecule has 2 aliphatic heterocycles. The van der Waals surface area contributed by atoms with Crippen molar-refractivity contribution >= 4 is 10.8 Å². The summed E-state index contributed by atoms with van der Waals surface area (Å²) >= 11 is 0. The van der Waals surface area contributed by atoms with Crippen LogP contribution in [0.3, 0.4) is 0 Å². The lowest BCUT2D eigenvalue weighted by atomic mass is 10.0. The van der Waals surface area contributed by atoms with Crippen LogP contribution in [0.4, 0.5) is 0 Å². The molecule has 2 aliphatic rings. The van der Waals surface area contributed by atoms with E-state index in [0.717, 1.165) is 31.0 Å². The first-order valence-corrected chi connectivity index (χ1v) is 8.00. The van der Waals surface area contributed by atoms with Gasteiger partial charge in [0.05, 0.1) is 0 Å². The van der Waals surface area contributed by atoms with Gasteiger partial charge in [-0.3, -0.25) is 4.21 Å². The van der Waals surface area contributed by atoms with Crippen LogP contribution in [0.25, 0.3) is 0 Å². The first-order valence-electron chi connectivity index (χ1n) is 6.51. The van der Waals surface area contributed by atoms with Crippen LogP contribution in [0.1, 0.15) is 25.7 Å². The van der Waals surface area contributed by atoms with Crippen LogP contribution >= 0.6 is 0 Å². The van der Waals surface area contributed by atoms with E-state index in [4.69, 9.17) is 0 Å². The maximum atomic E-state index is 11.9. The van der Waals surface area contributed by atoms with Crippen LogP contribution in [0.15, 0.2) is 0 Å². The second-order valence-corrected chi connectivity index (χ2v) is 6.88. The minimum absolute atomic E-state index is 0.582. The van der Waals surface area contributed by atoms with E-state index < -0.39 is 10.8 Å². The smallest absolute Gasteiger partial charge is 0.0287 e. The molecular weight excluding hydrogens is 220 g/mol. The molecule has 2 fully saturated rings. The molecule has 2 atom stereocenters. The van der Waals surface area contributed by atoms with Gasteiger partial charge in [0.25, 0.3) is 0 Å². The molecule has 16 heavy (non-hydrogen) atoms. The zero-order chi connectivity index (χ0) is 11.4. The highest BCUT2D eigenvalue weighted by Crippen LogP contribution is 2.18. The Balaban J connectivity index is 1.63. The largest absolute Gasteiger partial charge is 0.316 e. The van der Waals surface area contributed by atoms with Gasteiger partial charge in [0.15, 0.2) is 0 Å². The molecule has 94 valence electrons. The molecule has 0 aliphatic carbocycles. The molecule has 0 saturated carbocycles. The SMILES string of the molecule is CN1CCCCC1CCS(=O)CC1CNC1. The summed E-state index contributed by atoms with van der Waals surface area (Å²) in [5, 5.41) is 3.24. The normalized spacial score (nSPS) is 29.9. The van der Waals surface area contributed by atoms with Crippen molar-refractivity contribution in [1.82, 2.24) is 10.2 Å². The van der Waals surface area contributed by atoms with Crippen molar-refractivity contribution in [2.45, 2.75) is 31.7 Å². The average Bonchev–Trinajstić information content (AvgIpc) is 2.22. The number of hydrogen-bond acceptors (Lipinski definition) is 3. The summed E-state index contributed by atoms with van der Waals surface area (Å²) in [4.78, 5) is 2.45. The third-order valence-electron chi connectivity index (χ3n) is 3.89. The highest BCUT2D eigenvalue weighted by molar-refractivity contribution is 7.84. The molecule has 4 heteroatoms. The fourth-order valence-corrected chi connectivity index (χ4v) is 4.05. The quantitative estimate of drug-likeness (QED) is 0.777. The lowest BCUT2D eigenvalue weighted by molar-refractivity contribution is 0.182. The summed E-state index contributed by atoms with van der Waals surface area (Å²) < 4.78 is 11.9. The summed E-state index contributed by atoms with van der Waals surface area (Å²) in [5.74, 6) is 2.51. The third-order valence-corrected chi connectivity index (χ3v) is 5.42. The summed E-state index contributed by atoms with van der Waals surface area (Å²) in [5.41, 5.74) is 0. The molecule has 2 heterocycles. The van der Waals surface area contributed by atoms with Gasteiger partial charge in [-0.2, -0.15) is 0 Å². The predicted molar refractivity (Wildman–Crippen MR) is 69.1 cm³/mol. The fraction of sp³-hybridized carbons (Fsp3) is 1.00. The van der Waals surface area contributed by atoms with Crippen molar-refractivity contribution in [3.63, 3.8) is 0 Å². The van der Waals surface area contributed by atoms with Crippen molar-refractivity contribution < 1.29 is 4.21 Å². The third kappa shape index (κ3) is 3.54. The highest BCUT2D eigenvalue weighted by Gasteiger charge is 2.22. The summed E-state index contributed by atoms with van der Waals surface area (Å²) in [6.07, 6.45) is 5.12. The summed E-state index contributed by atoms with van der Waals surface area (Å²) in [7, 11) is 1.63. The average molecular weight is 244 g/mol. The van der Waals surface area contributed by atoms with Crippen LogP contribution in [0, 0.1) is 5.92 Å². The zero-order valence-corrected chi connectivity index (χ0v) is 11.1. The van der Waals surface area contributed by atoms with E-state index in [0.29, 0.717) is 12.0 Å². The second-order valence-electron chi connectivity index (χ2n) is 5.25. The minimum Gasteiger partial charge on any atom is -0.316 e. The van der Waals surface area contributed by atoms with Gasteiger partial charge < -0.3 is 10.2 Å². The van der Waals surface area contributed by atoms with Gasteiger partial charge >= 0.3 is 0 Å². The Morgan fingerprint density at radius 2 is 2.19 bits per heavy atom. The van der Waals surface area contributed by atoms with E-state index >= 15 is 0 Å². The van der Waals surface area contributed by atoms with E-state index in [1.54, 1.807) is 0 Å². The number of piperidine rings is 1. The number of likely N-dealkylation sites (tertiary alicyclic amines) is 1. The molecule has 0 aromatic heterocycles. The van der Waals surface area contributed by atoms with Crippen LogP contribution < -0.4 is 5.32 Å². The van der Waals surface area contributed by atoms with Crippen LogP contribution in [0.5, 0.6) is 0 Å². The number of rotatable bonds is 5. The standard InChI is InChI=1S/C12H24N2OS/c1-14-6-3-2-4-12(14)5-7-16(15)10-11-8-13-9-11/h11-13H,2-10H2,1H3. The topological polar surface area (TPSA) is 32.3 Å².